The maximum atomic E-state index is 12.2. The van der Waals surface area contributed by atoms with Gasteiger partial charge in [0.15, 0.2) is 5.78 Å². The molecule has 0 saturated heterocycles. The summed E-state index contributed by atoms with van der Waals surface area (Å²) >= 11 is 0. The van der Waals surface area contributed by atoms with Gasteiger partial charge in [0.25, 0.3) is 5.91 Å². The van der Waals surface area contributed by atoms with E-state index in [-0.39, 0.29) is 18.2 Å². The molecule has 1 heterocycles. The van der Waals surface area contributed by atoms with Crippen LogP contribution in [0.2, 0.25) is 0 Å². The lowest BCUT2D eigenvalue weighted by atomic mass is 10.0. The van der Waals surface area contributed by atoms with Crippen LogP contribution < -0.4 is 5.32 Å². The first kappa shape index (κ1) is 14.8. The lowest BCUT2D eigenvalue weighted by molar-refractivity contribution is 0.0448. The van der Waals surface area contributed by atoms with Gasteiger partial charge in [-0.3, -0.25) is 9.59 Å². The van der Waals surface area contributed by atoms with Crippen molar-refractivity contribution in [1.29, 1.82) is 0 Å². The molecule has 2 rings (SSSR count). The van der Waals surface area contributed by atoms with Gasteiger partial charge in [-0.05, 0) is 39.2 Å². The highest BCUT2D eigenvalue weighted by Crippen LogP contribution is 2.28. The fourth-order valence-electron chi connectivity index (χ4n) is 3.05. The molecule has 110 valence electrons. The van der Waals surface area contributed by atoms with E-state index in [1.165, 1.54) is 6.92 Å². The summed E-state index contributed by atoms with van der Waals surface area (Å²) < 4.78 is 0. The minimum absolute atomic E-state index is 0.0512. The first-order valence-electron chi connectivity index (χ1n) is 7.05. The zero-order valence-corrected chi connectivity index (χ0v) is 12.3. The molecule has 1 fully saturated rings. The minimum Gasteiger partial charge on any atom is -0.388 e. The molecule has 0 aromatic carbocycles. The number of ketones is 1. The number of aryl methyl sites for hydroxylation is 1. The van der Waals surface area contributed by atoms with Crippen molar-refractivity contribution >= 4 is 11.7 Å². The summed E-state index contributed by atoms with van der Waals surface area (Å²) in [6.07, 6.45) is 3.46. The third-order valence-electron chi connectivity index (χ3n) is 4.13. The second kappa shape index (κ2) is 5.40. The van der Waals surface area contributed by atoms with Crippen LogP contribution in [0.15, 0.2) is 0 Å². The Kier molecular flexibility index (Phi) is 3.99. The third kappa shape index (κ3) is 2.77. The first-order chi connectivity index (χ1) is 9.34. The fourth-order valence-corrected chi connectivity index (χ4v) is 3.05. The van der Waals surface area contributed by atoms with Gasteiger partial charge < -0.3 is 15.4 Å². The van der Waals surface area contributed by atoms with E-state index in [9.17, 15) is 14.7 Å². The molecular weight excluding hydrogens is 256 g/mol. The van der Waals surface area contributed by atoms with E-state index in [4.69, 9.17) is 0 Å². The zero-order valence-electron chi connectivity index (χ0n) is 12.3. The molecule has 0 aliphatic heterocycles. The molecule has 1 aromatic heterocycles. The molecule has 1 aliphatic rings. The molecule has 1 aromatic rings. The van der Waals surface area contributed by atoms with Crippen LogP contribution in [-0.2, 0) is 0 Å². The molecule has 0 spiro atoms. The molecule has 0 atom stereocenters. The second-order valence-corrected chi connectivity index (χ2v) is 5.80. The summed E-state index contributed by atoms with van der Waals surface area (Å²) in [7, 11) is 0. The predicted molar refractivity (Wildman–Crippen MR) is 76.0 cm³/mol. The van der Waals surface area contributed by atoms with Gasteiger partial charge in [0.05, 0.1) is 5.60 Å². The van der Waals surface area contributed by atoms with E-state index < -0.39 is 5.60 Å². The largest absolute Gasteiger partial charge is 0.388 e. The predicted octanol–water partition coefficient (Wildman–Crippen LogP) is 1.87. The SMILES string of the molecule is CC(=O)c1c(C)[nH]c(C(=O)NCC2(O)CCCC2)c1C. The van der Waals surface area contributed by atoms with Gasteiger partial charge in [0.2, 0.25) is 0 Å². The van der Waals surface area contributed by atoms with Crippen molar-refractivity contribution in [3.05, 3.63) is 22.5 Å². The molecular formula is C15H22N2O3. The van der Waals surface area contributed by atoms with Crippen molar-refractivity contribution in [3.63, 3.8) is 0 Å². The van der Waals surface area contributed by atoms with Crippen LogP contribution in [0, 0.1) is 13.8 Å². The lowest BCUT2D eigenvalue weighted by Crippen LogP contribution is -2.41. The van der Waals surface area contributed by atoms with Crippen molar-refractivity contribution in [1.82, 2.24) is 10.3 Å². The lowest BCUT2D eigenvalue weighted by Gasteiger charge is -2.22. The first-order valence-corrected chi connectivity index (χ1v) is 7.05. The maximum absolute atomic E-state index is 12.2. The van der Waals surface area contributed by atoms with E-state index in [2.05, 4.69) is 10.3 Å². The molecule has 1 amide bonds. The Bertz CT molecular complexity index is 540. The Morgan fingerprint density at radius 3 is 2.40 bits per heavy atom. The Hall–Kier alpha value is -1.62. The average Bonchev–Trinajstić information content (AvgIpc) is 2.91. The maximum Gasteiger partial charge on any atom is 0.268 e. The van der Waals surface area contributed by atoms with Crippen LogP contribution in [0.3, 0.4) is 0 Å². The number of hydrogen-bond donors (Lipinski definition) is 3. The van der Waals surface area contributed by atoms with Gasteiger partial charge in [0.1, 0.15) is 5.69 Å². The molecule has 5 heteroatoms. The standard InChI is InChI=1S/C15H22N2O3/c1-9-12(11(3)18)10(2)17-13(9)14(19)16-8-15(20)6-4-5-7-15/h17,20H,4-8H2,1-3H3,(H,16,19). The number of aromatic nitrogens is 1. The van der Waals surface area contributed by atoms with Crippen LogP contribution in [-0.4, -0.2) is 33.9 Å². The average molecular weight is 278 g/mol. The highest BCUT2D eigenvalue weighted by Gasteiger charge is 2.32. The van der Waals surface area contributed by atoms with Gasteiger partial charge >= 0.3 is 0 Å². The summed E-state index contributed by atoms with van der Waals surface area (Å²) in [6, 6.07) is 0. The molecule has 3 N–H and O–H groups in total. The highest BCUT2D eigenvalue weighted by molar-refractivity contribution is 6.02. The second-order valence-electron chi connectivity index (χ2n) is 5.80. The Morgan fingerprint density at radius 2 is 1.90 bits per heavy atom. The number of H-pyrrole nitrogens is 1. The minimum atomic E-state index is -0.769. The van der Waals surface area contributed by atoms with Crippen LogP contribution in [0.1, 0.15) is 64.7 Å². The van der Waals surface area contributed by atoms with Gasteiger partial charge in [-0.1, -0.05) is 12.8 Å². The van der Waals surface area contributed by atoms with Crippen molar-refractivity contribution in [2.24, 2.45) is 0 Å². The van der Waals surface area contributed by atoms with Crippen LogP contribution in [0.25, 0.3) is 0 Å². The monoisotopic (exact) mass is 278 g/mol. The molecule has 20 heavy (non-hydrogen) atoms. The Labute approximate surface area is 118 Å². The smallest absolute Gasteiger partial charge is 0.268 e. The van der Waals surface area contributed by atoms with Gasteiger partial charge in [0, 0.05) is 17.8 Å². The fraction of sp³-hybridized carbons (Fsp3) is 0.600. The highest BCUT2D eigenvalue weighted by atomic mass is 16.3. The van der Waals surface area contributed by atoms with Crippen molar-refractivity contribution < 1.29 is 14.7 Å². The number of carbonyl (C=O) groups is 2. The van der Waals surface area contributed by atoms with E-state index in [0.29, 0.717) is 22.5 Å². The molecule has 0 bridgehead atoms. The van der Waals surface area contributed by atoms with Crippen LogP contribution in [0.5, 0.6) is 0 Å². The van der Waals surface area contributed by atoms with Crippen LogP contribution in [0.4, 0.5) is 0 Å². The van der Waals surface area contributed by atoms with Crippen molar-refractivity contribution in [3.8, 4) is 0 Å². The van der Waals surface area contributed by atoms with Gasteiger partial charge in [-0.15, -0.1) is 0 Å². The Balaban J connectivity index is 2.10. The molecule has 1 aliphatic carbocycles. The number of Topliss-reactive ketones (excluding diaryl/α,β-unsaturated/α-hetero) is 1. The number of hydrogen-bond acceptors (Lipinski definition) is 3. The summed E-state index contributed by atoms with van der Waals surface area (Å²) in [5.74, 6) is -0.317. The summed E-state index contributed by atoms with van der Waals surface area (Å²) in [6.45, 7) is 5.30. The number of aliphatic hydroxyl groups is 1. The summed E-state index contributed by atoms with van der Waals surface area (Å²) in [4.78, 5) is 26.7. The molecule has 0 unspecified atom stereocenters. The third-order valence-corrected chi connectivity index (χ3v) is 4.13. The van der Waals surface area contributed by atoms with Gasteiger partial charge in [-0.25, -0.2) is 0 Å². The zero-order chi connectivity index (χ0) is 14.9. The molecule has 1 saturated carbocycles. The van der Waals surface area contributed by atoms with E-state index in [0.717, 1.165) is 25.7 Å². The van der Waals surface area contributed by atoms with Crippen LogP contribution >= 0.6 is 0 Å². The molecule has 5 nitrogen and oxygen atoms in total. The molecule has 0 radical (unpaired) electrons. The normalized spacial score (nSPS) is 17.2. The Morgan fingerprint density at radius 1 is 1.30 bits per heavy atom. The number of aromatic amines is 1. The number of nitrogens with one attached hydrogen (secondary N) is 2. The quantitative estimate of drug-likeness (QED) is 0.735. The van der Waals surface area contributed by atoms with Crippen molar-refractivity contribution in [2.75, 3.05) is 6.54 Å². The van der Waals surface area contributed by atoms with Gasteiger partial charge in [-0.2, -0.15) is 0 Å². The topological polar surface area (TPSA) is 82.2 Å². The van der Waals surface area contributed by atoms with E-state index >= 15 is 0 Å². The van der Waals surface area contributed by atoms with E-state index in [1.54, 1.807) is 13.8 Å². The number of rotatable bonds is 4. The van der Waals surface area contributed by atoms with Crippen molar-refractivity contribution in [2.45, 2.75) is 52.1 Å². The summed E-state index contributed by atoms with van der Waals surface area (Å²) in [5, 5.41) is 13.0. The van der Waals surface area contributed by atoms with E-state index in [1.807, 2.05) is 0 Å². The summed E-state index contributed by atoms with van der Waals surface area (Å²) in [5.41, 5.74) is 1.60. The number of carbonyl (C=O) groups excluding carboxylic acids is 2. The number of amides is 1.